The SMILES string of the molecule is O=C1c2ccccc2CCC1C[NH+]1CCCC1.[Cl-]. The molecule has 0 radical (unpaired) electrons. The maximum atomic E-state index is 12.4. The number of ketones is 1. The third kappa shape index (κ3) is 2.60. The molecule has 2 nitrogen and oxygen atoms in total. The van der Waals surface area contributed by atoms with E-state index >= 15 is 0 Å². The Balaban J connectivity index is 0.00000120. The van der Waals surface area contributed by atoms with Crippen molar-refractivity contribution < 1.29 is 22.1 Å². The van der Waals surface area contributed by atoms with Crippen molar-refractivity contribution in [3.63, 3.8) is 0 Å². The molecule has 0 bridgehead atoms. The molecule has 2 aliphatic rings. The highest BCUT2D eigenvalue weighted by Crippen LogP contribution is 2.24. The Morgan fingerprint density at radius 1 is 1.17 bits per heavy atom. The molecular formula is C15H20ClNO. The minimum Gasteiger partial charge on any atom is -1.00 e. The summed E-state index contributed by atoms with van der Waals surface area (Å²) in [6, 6.07) is 8.13. The van der Waals surface area contributed by atoms with E-state index in [-0.39, 0.29) is 18.3 Å². The average molecular weight is 266 g/mol. The first-order valence-corrected chi connectivity index (χ1v) is 6.80. The van der Waals surface area contributed by atoms with Crippen LogP contribution in [0.3, 0.4) is 0 Å². The molecule has 1 atom stereocenters. The summed E-state index contributed by atoms with van der Waals surface area (Å²) in [5, 5.41) is 0. The largest absolute Gasteiger partial charge is 1.00 e. The molecule has 1 aromatic rings. The third-order valence-corrected chi connectivity index (χ3v) is 4.26. The average Bonchev–Trinajstić information content (AvgIpc) is 2.86. The molecule has 0 amide bonds. The highest BCUT2D eigenvalue weighted by Gasteiger charge is 2.31. The summed E-state index contributed by atoms with van der Waals surface area (Å²) in [6.45, 7) is 3.60. The van der Waals surface area contributed by atoms with Crippen LogP contribution in [0.1, 0.15) is 35.2 Å². The number of Topliss-reactive ketones (excluding diaryl/α,β-unsaturated/α-hetero) is 1. The fourth-order valence-corrected chi connectivity index (χ4v) is 3.28. The molecule has 1 aliphatic heterocycles. The number of fused-ring (bicyclic) bond motifs is 1. The number of nitrogens with one attached hydrogen (secondary N) is 1. The van der Waals surface area contributed by atoms with E-state index in [2.05, 4.69) is 6.07 Å². The summed E-state index contributed by atoms with van der Waals surface area (Å²) in [7, 11) is 0. The summed E-state index contributed by atoms with van der Waals surface area (Å²) in [5.41, 5.74) is 2.24. The number of quaternary nitrogens is 1. The zero-order valence-corrected chi connectivity index (χ0v) is 11.4. The van der Waals surface area contributed by atoms with Crippen LogP contribution in [-0.2, 0) is 6.42 Å². The van der Waals surface area contributed by atoms with Crippen molar-refractivity contribution in [3.05, 3.63) is 35.4 Å². The van der Waals surface area contributed by atoms with Crippen LogP contribution in [0.4, 0.5) is 0 Å². The van der Waals surface area contributed by atoms with Gasteiger partial charge >= 0.3 is 0 Å². The number of halogens is 1. The van der Waals surface area contributed by atoms with Crippen LogP contribution in [0.2, 0.25) is 0 Å². The summed E-state index contributed by atoms with van der Waals surface area (Å²) >= 11 is 0. The fraction of sp³-hybridized carbons (Fsp3) is 0.533. The first kappa shape index (κ1) is 13.6. The van der Waals surface area contributed by atoms with Gasteiger partial charge < -0.3 is 17.3 Å². The van der Waals surface area contributed by atoms with E-state index in [9.17, 15) is 4.79 Å². The molecule has 1 aromatic carbocycles. The molecule has 0 aromatic heterocycles. The fourth-order valence-electron chi connectivity index (χ4n) is 3.28. The topological polar surface area (TPSA) is 21.5 Å². The van der Waals surface area contributed by atoms with E-state index in [1.54, 1.807) is 4.90 Å². The first-order valence-electron chi connectivity index (χ1n) is 6.80. The maximum Gasteiger partial charge on any atom is 0.171 e. The third-order valence-electron chi connectivity index (χ3n) is 4.26. The quantitative estimate of drug-likeness (QED) is 0.664. The van der Waals surface area contributed by atoms with Crippen LogP contribution in [0, 0.1) is 5.92 Å². The van der Waals surface area contributed by atoms with E-state index in [0.717, 1.165) is 24.9 Å². The molecule has 1 saturated heterocycles. The maximum absolute atomic E-state index is 12.4. The zero-order chi connectivity index (χ0) is 11.7. The van der Waals surface area contributed by atoms with Gasteiger partial charge in [-0.25, -0.2) is 0 Å². The zero-order valence-electron chi connectivity index (χ0n) is 10.6. The molecule has 0 spiro atoms. The summed E-state index contributed by atoms with van der Waals surface area (Å²) in [4.78, 5) is 14.0. The van der Waals surface area contributed by atoms with Crippen molar-refractivity contribution in [2.75, 3.05) is 19.6 Å². The standard InChI is InChI=1S/C15H19NO.ClH/c17-15-13(11-16-9-3-4-10-16)8-7-12-5-1-2-6-14(12)15;/h1-2,5-6,13H,3-4,7-11H2;1H. The van der Waals surface area contributed by atoms with Gasteiger partial charge in [-0.1, -0.05) is 24.3 Å². The van der Waals surface area contributed by atoms with E-state index in [1.807, 2.05) is 18.2 Å². The molecular weight excluding hydrogens is 246 g/mol. The lowest BCUT2D eigenvalue weighted by atomic mass is 9.82. The number of hydrogen-bond acceptors (Lipinski definition) is 1. The molecule has 1 aliphatic carbocycles. The van der Waals surface area contributed by atoms with Crippen molar-refractivity contribution in [1.29, 1.82) is 0 Å². The Morgan fingerprint density at radius 2 is 1.89 bits per heavy atom. The van der Waals surface area contributed by atoms with Gasteiger partial charge in [0, 0.05) is 18.4 Å². The van der Waals surface area contributed by atoms with Crippen LogP contribution in [0.15, 0.2) is 24.3 Å². The van der Waals surface area contributed by atoms with E-state index in [4.69, 9.17) is 0 Å². The van der Waals surface area contributed by atoms with Gasteiger partial charge in [0.05, 0.1) is 25.6 Å². The van der Waals surface area contributed by atoms with Gasteiger partial charge in [0.2, 0.25) is 0 Å². The number of likely N-dealkylation sites (tertiary alicyclic amines) is 1. The lowest BCUT2D eigenvalue weighted by molar-refractivity contribution is -0.889. The number of aryl methyl sites for hydroxylation is 1. The minimum atomic E-state index is 0. The smallest absolute Gasteiger partial charge is 0.171 e. The second-order valence-electron chi connectivity index (χ2n) is 5.42. The number of benzene rings is 1. The predicted octanol–water partition coefficient (Wildman–Crippen LogP) is -1.89. The van der Waals surface area contributed by atoms with Crippen LogP contribution in [0.5, 0.6) is 0 Å². The summed E-state index contributed by atoms with van der Waals surface area (Å²) < 4.78 is 0. The van der Waals surface area contributed by atoms with E-state index < -0.39 is 0 Å². The van der Waals surface area contributed by atoms with Crippen molar-refractivity contribution in [1.82, 2.24) is 0 Å². The molecule has 1 fully saturated rings. The molecule has 1 N–H and O–H groups in total. The summed E-state index contributed by atoms with van der Waals surface area (Å²) in [5.74, 6) is 0.671. The van der Waals surface area contributed by atoms with Crippen LogP contribution < -0.4 is 17.3 Å². The van der Waals surface area contributed by atoms with E-state index in [0.29, 0.717) is 5.78 Å². The van der Waals surface area contributed by atoms with Crippen molar-refractivity contribution in [2.24, 2.45) is 5.92 Å². The van der Waals surface area contributed by atoms with Crippen molar-refractivity contribution >= 4 is 5.78 Å². The Kier molecular flexibility index (Phi) is 4.41. The van der Waals surface area contributed by atoms with Crippen LogP contribution in [-0.4, -0.2) is 25.4 Å². The second kappa shape index (κ2) is 5.85. The van der Waals surface area contributed by atoms with Gasteiger partial charge in [0.1, 0.15) is 0 Å². The molecule has 3 rings (SSSR count). The Hall–Kier alpha value is -0.860. The molecule has 1 heterocycles. The second-order valence-corrected chi connectivity index (χ2v) is 5.42. The molecule has 3 heteroatoms. The molecule has 1 unspecified atom stereocenters. The van der Waals surface area contributed by atoms with Gasteiger partial charge in [-0.05, 0) is 18.4 Å². The Labute approximate surface area is 115 Å². The first-order chi connectivity index (χ1) is 8.34. The molecule has 18 heavy (non-hydrogen) atoms. The number of rotatable bonds is 2. The van der Waals surface area contributed by atoms with Gasteiger partial charge in [-0.2, -0.15) is 0 Å². The van der Waals surface area contributed by atoms with E-state index in [1.165, 1.54) is 31.5 Å². The van der Waals surface area contributed by atoms with Crippen LogP contribution >= 0.6 is 0 Å². The lowest BCUT2D eigenvalue weighted by Gasteiger charge is -2.25. The van der Waals surface area contributed by atoms with Crippen molar-refractivity contribution in [2.45, 2.75) is 25.7 Å². The normalized spacial score (nSPS) is 23.6. The van der Waals surface area contributed by atoms with Gasteiger partial charge in [-0.3, -0.25) is 4.79 Å². The van der Waals surface area contributed by atoms with Gasteiger partial charge in [-0.15, -0.1) is 0 Å². The highest BCUT2D eigenvalue weighted by atomic mass is 35.5. The minimum absolute atomic E-state index is 0. The number of carbonyl (C=O) groups excluding carboxylic acids is 1. The monoisotopic (exact) mass is 265 g/mol. The van der Waals surface area contributed by atoms with Gasteiger partial charge in [0.15, 0.2) is 5.78 Å². The number of carbonyl (C=O) groups is 1. The summed E-state index contributed by atoms with van der Waals surface area (Å²) in [6.07, 6.45) is 4.82. The number of hydrogen-bond donors (Lipinski definition) is 1. The van der Waals surface area contributed by atoms with Crippen LogP contribution in [0.25, 0.3) is 0 Å². The highest BCUT2D eigenvalue weighted by molar-refractivity contribution is 6.00. The Bertz CT molecular complexity index is 426. The molecule has 98 valence electrons. The lowest BCUT2D eigenvalue weighted by Crippen LogP contribution is -3.10. The molecule has 0 saturated carbocycles. The Morgan fingerprint density at radius 3 is 2.67 bits per heavy atom. The predicted molar refractivity (Wildman–Crippen MR) is 67.4 cm³/mol. The van der Waals surface area contributed by atoms with Gasteiger partial charge in [0.25, 0.3) is 0 Å². The van der Waals surface area contributed by atoms with Crippen molar-refractivity contribution in [3.8, 4) is 0 Å².